The third-order valence-corrected chi connectivity index (χ3v) is 6.17. The van der Waals surface area contributed by atoms with E-state index >= 15 is 0 Å². The average Bonchev–Trinajstić information content (AvgIpc) is 3.26. The number of ether oxygens (including phenoxy) is 1. The molecular formula is C21H30N4O3. The molecule has 0 N–H and O–H groups in total. The van der Waals surface area contributed by atoms with Gasteiger partial charge in [-0.2, -0.15) is 0 Å². The highest BCUT2D eigenvalue weighted by molar-refractivity contribution is 5.89. The Morgan fingerprint density at radius 3 is 2.54 bits per heavy atom. The SMILES string of the molecule is CC(C)(C)C(=O)N1CCCC1c1cnc(N2CC3(CCCCC3)OC2=O)cn1. The molecule has 1 aromatic heterocycles. The zero-order valence-corrected chi connectivity index (χ0v) is 17.1. The molecule has 7 nitrogen and oxygen atoms in total. The molecule has 3 heterocycles. The van der Waals surface area contributed by atoms with Gasteiger partial charge in [0.05, 0.1) is 30.7 Å². The van der Waals surface area contributed by atoms with E-state index in [9.17, 15) is 9.59 Å². The van der Waals surface area contributed by atoms with Crippen LogP contribution in [-0.4, -0.2) is 45.6 Å². The second-order valence-corrected chi connectivity index (χ2v) is 9.40. The van der Waals surface area contributed by atoms with E-state index in [1.807, 2.05) is 25.7 Å². The number of amides is 2. The summed E-state index contributed by atoms with van der Waals surface area (Å²) >= 11 is 0. The minimum Gasteiger partial charge on any atom is -0.441 e. The summed E-state index contributed by atoms with van der Waals surface area (Å²) in [6.45, 7) is 7.14. The van der Waals surface area contributed by atoms with Gasteiger partial charge in [0, 0.05) is 12.0 Å². The first kappa shape index (κ1) is 19.2. The van der Waals surface area contributed by atoms with Crippen molar-refractivity contribution in [2.75, 3.05) is 18.0 Å². The Kier molecular flexibility index (Phi) is 4.79. The van der Waals surface area contributed by atoms with E-state index in [0.717, 1.165) is 50.8 Å². The van der Waals surface area contributed by atoms with E-state index in [4.69, 9.17) is 4.74 Å². The molecule has 1 atom stereocenters. The van der Waals surface area contributed by atoms with Crippen molar-refractivity contribution in [1.29, 1.82) is 0 Å². The lowest BCUT2D eigenvalue weighted by atomic mass is 9.85. The predicted octanol–water partition coefficient (Wildman–Crippen LogP) is 3.85. The molecule has 0 bridgehead atoms. The Morgan fingerprint density at radius 1 is 1.14 bits per heavy atom. The second-order valence-electron chi connectivity index (χ2n) is 9.40. The molecule has 4 rings (SSSR count). The molecule has 7 heteroatoms. The number of likely N-dealkylation sites (tertiary alicyclic amines) is 1. The number of aromatic nitrogens is 2. The van der Waals surface area contributed by atoms with E-state index in [2.05, 4.69) is 9.97 Å². The van der Waals surface area contributed by atoms with Crippen LogP contribution >= 0.6 is 0 Å². The molecule has 1 saturated carbocycles. The molecule has 28 heavy (non-hydrogen) atoms. The van der Waals surface area contributed by atoms with Gasteiger partial charge in [0.2, 0.25) is 5.91 Å². The van der Waals surface area contributed by atoms with E-state index in [0.29, 0.717) is 12.4 Å². The van der Waals surface area contributed by atoms with Gasteiger partial charge < -0.3 is 9.64 Å². The lowest BCUT2D eigenvalue weighted by Gasteiger charge is -2.31. The van der Waals surface area contributed by atoms with Crippen LogP contribution in [-0.2, 0) is 9.53 Å². The van der Waals surface area contributed by atoms with E-state index in [1.165, 1.54) is 6.42 Å². The van der Waals surface area contributed by atoms with Gasteiger partial charge in [-0.05, 0) is 38.5 Å². The van der Waals surface area contributed by atoms with Gasteiger partial charge >= 0.3 is 6.09 Å². The monoisotopic (exact) mass is 386 g/mol. The van der Waals surface area contributed by atoms with E-state index < -0.39 is 5.41 Å². The smallest absolute Gasteiger partial charge is 0.416 e. The molecular weight excluding hydrogens is 356 g/mol. The Morgan fingerprint density at radius 2 is 1.89 bits per heavy atom. The lowest BCUT2D eigenvalue weighted by molar-refractivity contribution is -0.140. The van der Waals surface area contributed by atoms with E-state index in [1.54, 1.807) is 17.3 Å². The van der Waals surface area contributed by atoms with Crippen LogP contribution in [0.5, 0.6) is 0 Å². The summed E-state index contributed by atoms with van der Waals surface area (Å²) in [5.41, 5.74) is 0.0273. The van der Waals surface area contributed by atoms with Crippen LogP contribution in [0, 0.1) is 5.41 Å². The van der Waals surface area contributed by atoms with Crippen molar-refractivity contribution in [1.82, 2.24) is 14.9 Å². The number of hydrogen-bond donors (Lipinski definition) is 0. The first-order chi connectivity index (χ1) is 13.3. The van der Waals surface area contributed by atoms with Crippen LogP contribution in [0.2, 0.25) is 0 Å². The third kappa shape index (κ3) is 3.47. The van der Waals surface area contributed by atoms with Gasteiger partial charge in [0.1, 0.15) is 5.60 Å². The zero-order valence-electron chi connectivity index (χ0n) is 17.1. The molecule has 0 radical (unpaired) electrons. The quantitative estimate of drug-likeness (QED) is 0.772. The molecule has 2 amide bonds. The molecule has 152 valence electrons. The Bertz CT molecular complexity index is 750. The number of carbonyl (C=O) groups excluding carboxylic acids is 2. The summed E-state index contributed by atoms with van der Waals surface area (Å²) in [6, 6.07) is -0.0384. The summed E-state index contributed by atoms with van der Waals surface area (Å²) in [5.74, 6) is 0.672. The number of rotatable bonds is 2. The molecule has 1 unspecified atom stereocenters. The largest absolute Gasteiger partial charge is 0.441 e. The van der Waals surface area contributed by atoms with Gasteiger partial charge in [-0.1, -0.05) is 27.2 Å². The maximum Gasteiger partial charge on any atom is 0.416 e. The van der Waals surface area contributed by atoms with E-state index in [-0.39, 0.29) is 23.6 Å². The first-order valence-corrected chi connectivity index (χ1v) is 10.4. The lowest BCUT2D eigenvalue weighted by Crippen LogP contribution is -2.39. The molecule has 2 aliphatic heterocycles. The van der Waals surface area contributed by atoms with Crippen LogP contribution in [0.15, 0.2) is 12.4 Å². The topological polar surface area (TPSA) is 75.6 Å². The zero-order chi connectivity index (χ0) is 19.9. The van der Waals surface area contributed by atoms with Crippen molar-refractivity contribution in [3.63, 3.8) is 0 Å². The minimum atomic E-state index is -0.413. The van der Waals surface area contributed by atoms with Crippen molar-refractivity contribution in [2.24, 2.45) is 5.41 Å². The van der Waals surface area contributed by atoms with Gasteiger partial charge in [0.25, 0.3) is 0 Å². The summed E-state index contributed by atoms with van der Waals surface area (Å²) in [5, 5.41) is 0. The Labute approximate surface area is 166 Å². The van der Waals surface area contributed by atoms with Crippen LogP contribution in [0.4, 0.5) is 10.6 Å². The maximum absolute atomic E-state index is 12.7. The molecule has 1 aromatic rings. The normalized spacial score (nSPS) is 24.7. The second kappa shape index (κ2) is 7.01. The van der Waals surface area contributed by atoms with Gasteiger partial charge in [-0.25, -0.2) is 9.78 Å². The fraction of sp³-hybridized carbons (Fsp3) is 0.714. The van der Waals surface area contributed by atoms with Crippen molar-refractivity contribution in [3.05, 3.63) is 18.1 Å². The first-order valence-electron chi connectivity index (χ1n) is 10.4. The standard InChI is InChI=1S/C21H30N4O3/c1-20(2,3)18(26)24-11-7-8-16(24)15-12-23-17(13-22-15)25-14-21(28-19(25)27)9-5-4-6-10-21/h12-13,16H,4-11,14H2,1-3H3. The fourth-order valence-electron chi connectivity index (χ4n) is 4.65. The van der Waals surface area contributed by atoms with Crippen molar-refractivity contribution in [3.8, 4) is 0 Å². The highest BCUT2D eigenvalue weighted by Gasteiger charge is 2.46. The summed E-state index contributed by atoms with van der Waals surface area (Å²) in [6.07, 6.45) is 10.2. The number of hydrogen-bond acceptors (Lipinski definition) is 5. The highest BCUT2D eigenvalue weighted by Crippen LogP contribution is 2.39. The average molecular weight is 386 g/mol. The van der Waals surface area contributed by atoms with Gasteiger partial charge in [-0.3, -0.25) is 14.7 Å². The Hall–Kier alpha value is -2.18. The Balaban J connectivity index is 1.50. The molecule has 1 spiro atoms. The summed E-state index contributed by atoms with van der Waals surface area (Å²) < 4.78 is 5.74. The summed E-state index contributed by atoms with van der Waals surface area (Å²) in [7, 11) is 0. The number of nitrogens with zero attached hydrogens (tertiary/aromatic N) is 4. The minimum absolute atomic E-state index is 0.0384. The van der Waals surface area contributed by atoms with Gasteiger partial charge in [-0.15, -0.1) is 0 Å². The van der Waals surface area contributed by atoms with Crippen molar-refractivity contribution >= 4 is 17.8 Å². The molecule has 0 aromatic carbocycles. The molecule has 3 aliphatic rings. The van der Waals surface area contributed by atoms with Crippen molar-refractivity contribution in [2.45, 2.75) is 77.4 Å². The summed E-state index contributed by atoms with van der Waals surface area (Å²) in [4.78, 5) is 37.8. The fourth-order valence-corrected chi connectivity index (χ4v) is 4.65. The molecule has 1 aliphatic carbocycles. The number of carbonyl (C=O) groups is 2. The number of anilines is 1. The van der Waals surface area contributed by atoms with Gasteiger partial charge in [0.15, 0.2) is 5.82 Å². The van der Waals surface area contributed by atoms with Crippen LogP contribution < -0.4 is 4.90 Å². The maximum atomic E-state index is 12.7. The van der Waals surface area contributed by atoms with Crippen molar-refractivity contribution < 1.29 is 14.3 Å². The molecule has 3 fully saturated rings. The third-order valence-electron chi connectivity index (χ3n) is 6.17. The van der Waals surface area contributed by atoms with Crippen LogP contribution in [0.25, 0.3) is 0 Å². The predicted molar refractivity (Wildman–Crippen MR) is 105 cm³/mol. The van der Waals surface area contributed by atoms with Crippen LogP contribution in [0.1, 0.15) is 77.5 Å². The highest BCUT2D eigenvalue weighted by atomic mass is 16.6. The molecule has 2 saturated heterocycles. The van der Waals surface area contributed by atoms with Crippen LogP contribution in [0.3, 0.4) is 0 Å².